The molecule has 3 rings (SSSR count). The Balaban J connectivity index is 1.65. The summed E-state index contributed by atoms with van der Waals surface area (Å²) < 4.78 is 11.2. The highest BCUT2D eigenvalue weighted by Crippen LogP contribution is 2.28. The van der Waals surface area contributed by atoms with E-state index in [1.54, 1.807) is 43.7 Å². The Kier molecular flexibility index (Phi) is 6.80. The van der Waals surface area contributed by atoms with Crippen molar-refractivity contribution in [3.8, 4) is 17.6 Å². The standard InChI is InChI=1S/C24H21N3O3/c1-17-6-3-4-9-21(17)24(28)27-26-15-19-10-11-22(23(13-19)29-2)30-16-20-8-5-7-18(12-20)14-25/h3-13,15H,16H2,1-2H3,(H,27,28)/b26-15-. The maximum atomic E-state index is 12.2. The van der Waals surface area contributed by atoms with E-state index in [0.29, 0.717) is 29.2 Å². The number of nitriles is 1. The van der Waals surface area contributed by atoms with Crippen molar-refractivity contribution in [2.45, 2.75) is 13.5 Å². The predicted octanol–water partition coefficient (Wildman–Crippen LogP) is 4.22. The quantitative estimate of drug-likeness (QED) is 0.476. The summed E-state index contributed by atoms with van der Waals surface area (Å²) in [6.07, 6.45) is 1.54. The van der Waals surface area contributed by atoms with Crippen LogP contribution < -0.4 is 14.9 Å². The van der Waals surface area contributed by atoms with Gasteiger partial charge >= 0.3 is 0 Å². The van der Waals surface area contributed by atoms with E-state index in [-0.39, 0.29) is 5.91 Å². The molecule has 0 unspecified atom stereocenters. The van der Waals surface area contributed by atoms with Crippen LogP contribution in [0, 0.1) is 18.3 Å². The fourth-order valence-corrected chi connectivity index (χ4v) is 2.83. The molecule has 150 valence electrons. The first-order chi connectivity index (χ1) is 14.6. The van der Waals surface area contributed by atoms with E-state index in [0.717, 1.165) is 16.7 Å². The van der Waals surface area contributed by atoms with Crippen LogP contribution in [0.5, 0.6) is 11.5 Å². The third kappa shape index (κ3) is 5.24. The molecule has 0 atom stereocenters. The van der Waals surface area contributed by atoms with Crippen LogP contribution >= 0.6 is 0 Å². The van der Waals surface area contributed by atoms with Crippen molar-refractivity contribution in [1.82, 2.24) is 5.43 Å². The molecule has 0 bridgehead atoms. The third-order valence-electron chi connectivity index (χ3n) is 4.41. The van der Waals surface area contributed by atoms with E-state index in [2.05, 4.69) is 16.6 Å². The monoisotopic (exact) mass is 399 g/mol. The average molecular weight is 399 g/mol. The van der Waals surface area contributed by atoms with Gasteiger partial charge in [0.1, 0.15) is 6.61 Å². The average Bonchev–Trinajstić information content (AvgIpc) is 2.78. The van der Waals surface area contributed by atoms with Crippen LogP contribution in [0.3, 0.4) is 0 Å². The van der Waals surface area contributed by atoms with Gasteiger partial charge in [-0.3, -0.25) is 4.79 Å². The summed E-state index contributed by atoms with van der Waals surface area (Å²) in [6.45, 7) is 2.19. The third-order valence-corrected chi connectivity index (χ3v) is 4.41. The van der Waals surface area contributed by atoms with Crippen molar-refractivity contribution in [1.29, 1.82) is 5.26 Å². The Bertz CT molecular complexity index is 1120. The van der Waals surface area contributed by atoms with Gasteiger partial charge in [-0.1, -0.05) is 30.3 Å². The Morgan fingerprint density at radius 2 is 1.93 bits per heavy atom. The van der Waals surface area contributed by atoms with Gasteiger partial charge < -0.3 is 9.47 Å². The number of rotatable bonds is 7. The van der Waals surface area contributed by atoms with Crippen molar-refractivity contribution >= 4 is 12.1 Å². The molecule has 0 aliphatic rings. The maximum absolute atomic E-state index is 12.2. The minimum atomic E-state index is -0.268. The number of hydrogen-bond donors (Lipinski definition) is 1. The summed E-state index contributed by atoms with van der Waals surface area (Å²) in [5.74, 6) is 0.845. The number of hydrazone groups is 1. The van der Waals surface area contributed by atoms with Crippen LogP contribution in [0.4, 0.5) is 0 Å². The molecule has 0 fully saturated rings. The van der Waals surface area contributed by atoms with Crippen LogP contribution in [0.1, 0.15) is 32.6 Å². The molecular formula is C24H21N3O3. The Morgan fingerprint density at radius 1 is 1.10 bits per heavy atom. The van der Waals surface area contributed by atoms with Gasteiger partial charge in [-0.05, 0) is 60.0 Å². The van der Waals surface area contributed by atoms with E-state index in [4.69, 9.17) is 14.7 Å². The van der Waals surface area contributed by atoms with Gasteiger partial charge in [-0.25, -0.2) is 5.43 Å². The van der Waals surface area contributed by atoms with Crippen LogP contribution in [-0.4, -0.2) is 19.2 Å². The number of ether oxygens (including phenoxy) is 2. The van der Waals surface area contributed by atoms with E-state index < -0.39 is 0 Å². The van der Waals surface area contributed by atoms with Gasteiger partial charge in [0, 0.05) is 5.56 Å². The molecule has 0 saturated carbocycles. The van der Waals surface area contributed by atoms with Crippen molar-refractivity contribution in [2.75, 3.05) is 7.11 Å². The topological polar surface area (TPSA) is 83.7 Å². The number of aryl methyl sites for hydroxylation is 1. The molecule has 0 saturated heterocycles. The zero-order valence-electron chi connectivity index (χ0n) is 16.8. The maximum Gasteiger partial charge on any atom is 0.271 e. The minimum absolute atomic E-state index is 0.268. The van der Waals surface area contributed by atoms with Crippen LogP contribution in [-0.2, 0) is 6.61 Å². The molecule has 0 aliphatic carbocycles. The number of nitrogens with zero attached hydrogens (tertiary/aromatic N) is 2. The van der Waals surface area contributed by atoms with Gasteiger partial charge in [0.2, 0.25) is 0 Å². The second-order valence-corrected chi connectivity index (χ2v) is 6.53. The Morgan fingerprint density at radius 3 is 2.70 bits per heavy atom. The number of amides is 1. The molecule has 6 heteroatoms. The Hall–Kier alpha value is -4.11. The summed E-state index contributed by atoms with van der Waals surface area (Å²) in [4.78, 5) is 12.2. The lowest BCUT2D eigenvalue weighted by molar-refractivity contribution is 0.0954. The molecular weight excluding hydrogens is 378 g/mol. The normalized spacial score (nSPS) is 10.4. The number of carbonyl (C=O) groups is 1. The van der Waals surface area contributed by atoms with Crippen molar-refractivity contribution in [3.63, 3.8) is 0 Å². The SMILES string of the molecule is COc1cc(/C=N\NC(=O)c2ccccc2C)ccc1OCc1cccc(C#N)c1. The summed E-state index contributed by atoms with van der Waals surface area (Å²) in [5.41, 5.74) is 6.21. The molecule has 1 N–H and O–H groups in total. The van der Waals surface area contributed by atoms with E-state index in [1.807, 2.05) is 43.3 Å². The fourth-order valence-electron chi connectivity index (χ4n) is 2.83. The highest BCUT2D eigenvalue weighted by Gasteiger charge is 2.08. The van der Waals surface area contributed by atoms with E-state index >= 15 is 0 Å². The molecule has 1 amide bonds. The second-order valence-electron chi connectivity index (χ2n) is 6.53. The van der Waals surface area contributed by atoms with Crippen molar-refractivity contribution in [2.24, 2.45) is 5.10 Å². The summed E-state index contributed by atoms with van der Waals surface area (Å²) in [5, 5.41) is 13.0. The molecule has 3 aromatic rings. The van der Waals surface area contributed by atoms with Crippen LogP contribution in [0.25, 0.3) is 0 Å². The predicted molar refractivity (Wildman–Crippen MR) is 115 cm³/mol. The minimum Gasteiger partial charge on any atom is -0.493 e. The summed E-state index contributed by atoms with van der Waals surface area (Å²) >= 11 is 0. The summed E-state index contributed by atoms with van der Waals surface area (Å²) in [6, 6.07) is 22.0. The molecule has 0 aliphatic heterocycles. The smallest absolute Gasteiger partial charge is 0.271 e. The van der Waals surface area contributed by atoms with Gasteiger partial charge in [0.25, 0.3) is 5.91 Å². The first-order valence-electron chi connectivity index (χ1n) is 9.29. The molecule has 3 aromatic carbocycles. The lowest BCUT2D eigenvalue weighted by Gasteiger charge is -2.11. The molecule has 0 radical (unpaired) electrons. The zero-order chi connectivity index (χ0) is 21.3. The van der Waals surface area contributed by atoms with Crippen molar-refractivity contribution < 1.29 is 14.3 Å². The second kappa shape index (κ2) is 9.89. The van der Waals surface area contributed by atoms with Gasteiger partial charge in [-0.2, -0.15) is 10.4 Å². The molecule has 0 spiro atoms. The molecule has 30 heavy (non-hydrogen) atoms. The largest absolute Gasteiger partial charge is 0.493 e. The molecule has 0 heterocycles. The summed E-state index contributed by atoms with van der Waals surface area (Å²) in [7, 11) is 1.55. The van der Waals surface area contributed by atoms with Crippen molar-refractivity contribution in [3.05, 3.63) is 94.5 Å². The highest BCUT2D eigenvalue weighted by atomic mass is 16.5. The fraction of sp³-hybridized carbons (Fsp3) is 0.125. The first-order valence-corrected chi connectivity index (χ1v) is 9.29. The molecule has 0 aromatic heterocycles. The first kappa shape index (κ1) is 20.6. The number of methoxy groups -OCH3 is 1. The Labute approximate surface area is 175 Å². The highest BCUT2D eigenvalue weighted by molar-refractivity contribution is 5.96. The number of benzene rings is 3. The lowest BCUT2D eigenvalue weighted by Crippen LogP contribution is -2.18. The number of carbonyl (C=O) groups excluding carboxylic acids is 1. The number of hydrogen-bond acceptors (Lipinski definition) is 5. The van der Waals surface area contributed by atoms with Crippen LogP contribution in [0.2, 0.25) is 0 Å². The van der Waals surface area contributed by atoms with Gasteiger partial charge in [-0.15, -0.1) is 0 Å². The molecule has 6 nitrogen and oxygen atoms in total. The van der Waals surface area contributed by atoms with Gasteiger partial charge in [0.05, 0.1) is 25.0 Å². The zero-order valence-corrected chi connectivity index (χ0v) is 16.8. The van der Waals surface area contributed by atoms with E-state index in [1.165, 1.54) is 0 Å². The van der Waals surface area contributed by atoms with E-state index in [9.17, 15) is 4.79 Å². The van der Waals surface area contributed by atoms with Gasteiger partial charge in [0.15, 0.2) is 11.5 Å². The number of nitrogens with one attached hydrogen (secondary N) is 1. The lowest BCUT2D eigenvalue weighted by atomic mass is 10.1. The van der Waals surface area contributed by atoms with Crippen LogP contribution in [0.15, 0.2) is 71.8 Å².